The molecule has 7 heteroatoms. The van der Waals surface area contributed by atoms with Crippen molar-refractivity contribution in [3.8, 4) is 0 Å². The van der Waals surface area contributed by atoms with Crippen molar-refractivity contribution in [1.29, 1.82) is 0 Å². The summed E-state index contributed by atoms with van der Waals surface area (Å²) in [5.74, 6) is 2.27. The summed E-state index contributed by atoms with van der Waals surface area (Å²) in [6.45, 7) is 3.84. The Morgan fingerprint density at radius 1 is 1.43 bits per heavy atom. The number of H-pyrrole nitrogens is 1. The summed E-state index contributed by atoms with van der Waals surface area (Å²) < 4.78 is 0. The molecule has 116 valence electrons. The highest BCUT2D eigenvalue weighted by Gasteiger charge is 2.18. The fraction of sp³-hybridized carbons (Fsp3) is 0.643. The van der Waals surface area contributed by atoms with Crippen LogP contribution in [0.25, 0.3) is 0 Å². The molecule has 1 amide bonds. The number of nitrogens with zero attached hydrogens (tertiary/aromatic N) is 2. The molecule has 0 bridgehead atoms. The number of hydrogen-bond donors (Lipinski definition) is 1. The van der Waals surface area contributed by atoms with Gasteiger partial charge in [-0.15, -0.1) is 0 Å². The second kappa shape index (κ2) is 8.48. The summed E-state index contributed by atoms with van der Waals surface area (Å²) in [6, 6.07) is 1.54. The van der Waals surface area contributed by atoms with E-state index < -0.39 is 0 Å². The summed E-state index contributed by atoms with van der Waals surface area (Å²) >= 11 is 3.08. The van der Waals surface area contributed by atoms with Crippen LogP contribution in [0.2, 0.25) is 0 Å². The Hall–Kier alpha value is -0.950. The highest BCUT2D eigenvalue weighted by molar-refractivity contribution is 7.99. The van der Waals surface area contributed by atoms with Crippen molar-refractivity contribution in [2.75, 3.05) is 24.6 Å². The molecule has 0 aromatic carbocycles. The molecule has 1 aliphatic rings. The first kappa shape index (κ1) is 16.4. The van der Waals surface area contributed by atoms with Crippen LogP contribution in [0.1, 0.15) is 31.9 Å². The SMILES string of the molecule is CCCSCc1cc(=O)[nH]c(SCC(=O)N2CCCC2)n1. The van der Waals surface area contributed by atoms with E-state index >= 15 is 0 Å². The fourth-order valence-corrected chi connectivity index (χ4v) is 3.72. The van der Waals surface area contributed by atoms with Crippen LogP contribution in [0.15, 0.2) is 16.0 Å². The van der Waals surface area contributed by atoms with Gasteiger partial charge in [-0.05, 0) is 25.0 Å². The third kappa shape index (κ3) is 5.39. The zero-order valence-corrected chi connectivity index (χ0v) is 13.9. The third-order valence-electron chi connectivity index (χ3n) is 3.16. The van der Waals surface area contributed by atoms with Crippen LogP contribution in [0, 0.1) is 0 Å². The predicted octanol–water partition coefficient (Wildman–Crippen LogP) is 2.13. The van der Waals surface area contributed by atoms with Crippen LogP contribution >= 0.6 is 23.5 Å². The number of thioether (sulfide) groups is 2. The maximum atomic E-state index is 12.0. The summed E-state index contributed by atoms with van der Waals surface area (Å²) in [6.07, 6.45) is 3.30. The zero-order valence-electron chi connectivity index (χ0n) is 12.3. The molecule has 0 atom stereocenters. The Morgan fingerprint density at radius 2 is 2.19 bits per heavy atom. The van der Waals surface area contributed by atoms with Gasteiger partial charge in [-0.2, -0.15) is 11.8 Å². The molecule has 0 radical (unpaired) electrons. The molecule has 0 saturated carbocycles. The smallest absolute Gasteiger partial charge is 0.251 e. The van der Waals surface area contributed by atoms with Gasteiger partial charge in [0.25, 0.3) is 5.56 Å². The van der Waals surface area contributed by atoms with Crippen LogP contribution in [-0.4, -0.2) is 45.4 Å². The molecule has 5 nitrogen and oxygen atoms in total. The van der Waals surface area contributed by atoms with Crippen LogP contribution in [-0.2, 0) is 10.5 Å². The lowest BCUT2D eigenvalue weighted by Gasteiger charge is -2.14. The van der Waals surface area contributed by atoms with Gasteiger partial charge in [0.2, 0.25) is 5.91 Å². The van der Waals surface area contributed by atoms with Gasteiger partial charge in [-0.3, -0.25) is 9.59 Å². The monoisotopic (exact) mass is 327 g/mol. The normalized spacial score (nSPS) is 14.6. The van der Waals surface area contributed by atoms with Crippen LogP contribution in [0.4, 0.5) is 0 Å². The van der Waals surface area contributed by atoms with E-state index in [1.165, 1.54) is 17.8 Å². The molecule has 1 aliphatic heterocycles. The number of aromatic amines is 1. The number of carbonyl (C=O) groups excluding carboxylic acids is 1. The Bertz CT molecular complexity index is 527. The molecular formula is C14H21N3O2S2. The molecule has 1 aromatic heterocycles. The summed E-state index contributed by atoms with van der Waals surface area (Å²) in [7, 11) is 0. The lowest BCUT2D eigenvalue weighted by molar-refractivity contribution is -0.127. The molecule has 21 heavy (non-hydrogen) atoms. The maximum absolute atomic E-state index is 12.0. The molecular weight excluding hydrogens is 306 g/mol. The Kier molecular flexibility index (Phi) is 6.63. The van der Waals surface area contributed by atoms with Crippen molar-refractivity contribution >= 4 is 29.4 Å². The summed E-state index contributed by atoms with van der Waals surface area (Å²) in [5.41, 5.74) is 0.640. The second-order valence-electron chi connectivity index (χ2n) is 4.97. The van der Waals surface area contributed by atoms with E-state index in [0.29, 0.717) is 10.9 Å². The van der Waals surface area contributed by atoms with Crippen molar-refractivity contribution in [2.45, 2.75) is 37.1 Å². The molecule has 0 unspecified atom stereocenters. The molecule has 0 aliphatic carbocycles. The van der Waals surface area contributed by atoms with Crippen LogP contribution < -0.4 is 5.56 Å². The zero-order chi connectivity index (χ0) is 15.1. The quantitative estimate of drug-likeness (QED) is 0.472. The number of nitrogens with one attached hydrogen (secondary N) is 1. The molecule has 0 spiro atoms. The highest BCUT2D eigenvalue weighted by Crippen LogP contribution is 2.17. The molecule has 1 N–H and O–H groups in total. The lowest BCUT2D eigenvalue weighted by Crippen LogP contribution is -2.29. The largest absolute Gasteiger partial charge is 0.342 e. The average molecular weight is 327 g/mol. The van der Waals surface area contributed by atoms with Gasteiger partial charge in [-0.1, -0.05) is 18.7 Å². The number of likely N-dealkylation sites (tertiary alicyclic amines) is 1. The standard InChI is InChI=1S/C14H21N3O2S2/c1-2-7-20-9-11-8-12(18)16-14(15-11)21-10-13(19)17-5-3-4-6-17/h8H,2-7,9-10H2,1H3,(H,15,16,18). The Morgan fingerprint density at radius 3 is 2.90 bits per heavy atom. The summed E-state index contributed by atoms with van der Waals surface area (Å²) in [5, 5.41) is 0.544. The number of carbonyl (C=O) groups is 1. The number of rotatable bonds is 7. The fourth-order valence-electron chi connectivity index (χ4n) is 2.13. The van der Waals surface area contributed by atoms with E-state index in [9.17, 15) is 9.59 Å². The van der Waals surface area contributed by atoms with Crippen molar-refractivity contribution in [1.82, 2.24) is 14.9 Å². The number of amides is 1. The van der Waals surface area contributed by atoms with E-state index in [2.05, 4.69) is 16.9 Å². The minimum Gasteiger partial charge on any atom is -0.342 e. The maximum Gasteiger partial charge on any atom is 0.251 e. The highest BCUT2D eigenvalue weighted by atomic mass is 32.2. The molecule has 1 aromatic rings. The number of aromatic nitrogens is 2. The van der Waals surface area contributed by atoms with E-state index in [0.717, 1.165) is 49.6 Å². The van der Waals surface area contributed by atoms with Crippen LogP contribution in [0.5, 0.6) is 0 Å². The lowest BCUT2D eigenvalue weighted by atomic mass is 10.4. The third-order valence-corrected chi connectivity index (χ3v) is 5.22. The van der Waals surface area contributed by atoms with Crippen molar-refractivity contribution in [2.24, 2.45) is 0 Å². The van der Waals surface area contributed by atoms with Crippen molar-refractivity contribution in [3.05, 3.63) is 22.1 Å². The van der Waals surface area contributed by atoms with E-state index in [1.807, 2.05) is 4.90 Å². The van der Waals surface area contributed by atoms with E-state index in [1.54, 1.807) is 11.8 Å². The first-order valence-electron chi connectivity index (χ1n) is 7.27. The molecule has 2 rings (SSSR count). The minimum atomic E-state index is -0.145. The average Bonchev–Trinajstić information content (AvgIpc) is 2.99. The van der Waals surface area contributed by atoms with E-state index in [-0.39, 0.29) is 11.5 Å². The predicted molar refractivity (Wildman–Crippen MR) is 87.8 cm³/mol. The molecule has 2 heterocycles. The van der Waals surface area contributed by atoms with Gasteiger partial charge in [0.15, 0.2) is 5.16 Å². The van der Waals surface area contributed by atoms with Gasteiger partial charge >= 0.3 is 0 Å². The van der Waals surface area contributed by atoms with Crippen LogP contribution in [0.3, 0.4) is 0 Å². The Balaban J connectivity index is 1.89. The van der Waals surface area contributed by atoms with Crippen molar-refractivity contribution in [3.63, 3.8) is 0 Å². The molecule has 1 saturated heterocycles. The number of hydrogen-bond acceptors (Lipinski definition) is 5. The first-order chi connectivity index (χ1) is 10.2. The van der Waals surface area contributed by atoms with Gasteiger partial charge in [0.1, 0.15) is 0 Å². The first-order valence-corrected chi connectivity index (χ1v) is 9.41. The van der Waals surface area contributed by atoms with Gasteiger partial charge < -0.3 is 9.88 Å². The molecule has 1 fully saturated rings. The van der Waals surface area contributed by atoms with Gasteiger partial charge in [-0.25, -0.2) is 4.98 Å². The minimum absolute atomic E-state index is 0.130. The summed E-state index contributed by atoms with van der Waals surface area (Å²) in [4.78, 5) is 32.6. The van der Waals surface area contributed by atoms with Gasteiger partial charge in [0.05, 0.1) is 11.4 Å². The van der Waals surface area contributed by atoms with Gasteiger partial charge in [0, 0.05) is 24.9 Å². The Labute approximate surface area is 133 Å². The second-order valence-corrected chi connectivity index (χ2v) is 7.04. The van der Waals surface area contributed by atoms with E-state index in [4.69, 9.17) is 0 Å². The topological polar surface area (TPSA) is 66.1 Å². The van der Waals surface area contributed by atoms with Crippen molar-refractivity contribution < 1.29 is 4.79 Å².